The zero-order valence-corrected chi connectivity index (χ0v) is 10.4. The van der Waals surface area contributed by atoms with Crippen molar-refractivity contribution in [3.05, 3.63) is 53.6 Å². The van der Waals surface area contributed by atoms with Crippen LogP contribution in [0, 0.1) is 0 Å². The van der Waals surface area contributed by atoms with E-state index in [9.17, 15) is 8.78 Å². The van der Waals surface area contributed by atoms with Crippen LogP contribution in [0.25, 0.3) is 0 Å². The van der Waals surface area contributed by atoms with E-state index in [1.165, 1.54) is 23.5 Å². The summed E-state index contributed by atoms with van der Waals surface area (Å²) >= 11 is 0. The molecule has 0 saturated carbocycles. The molecule has 1 N–H and O–H groups in total. The summed E-state index contributed by atoms with van der Waals surface area (Å²) in [5.41, 5.74) is 2.62. The number of alkyl halides is 2. The highest BCUT2D eigenvalue weighted by molar-refractivity contribution is 5.34. The van der Waals surface area contributed by atoms with Crippen molar-refractivity contribution >= 4 is 0 Å². The minimum Gasteiger partial charge on any atom is -0.303 e. The fraction of sp³-hybridized carbons (Fsp3) is 0.357. The number of imidazole rings is 1. The lowest BCUT2D eigenvalue weighted by Crippen LogP contribution is -2.21. The van der Waals surface area contributed by atoms with Gasteiger partial charge in [0.1, 0.15) is 5.82 Å². The number of halogens is 2. The maximum absolute atomic E-state index is 12.7. The van der Waals surface area contributed by atoms with Crippen LogP contribution in [0.1, 0.15) is 36.0 Å². The third kappa shape index (κ3) is 2.38. The van der Waals surface area contributed by atoms with E-state index < -0.39 is 6.55 Å². The zero-order valence-electron chi connectivity index (χ0n) is 10.4. The average Bonchev–Trinajstić information content (AvgIpc) is 3.03. The Morgan fingerprint density at radius 2 is 2.21 bits per heavy atom. The van der Waals surface area contributed by atoms with Crippen molar-refractivity contribution < 1.29 is 8.78 Å². The molecule has 0 spiro atoms. The first kappa shape index (κ1) is 12.3. The minimum absolute atomic E-state index is 0.235. The van der Waals surface area contributed by atoms with Gasteiger partial charge in [-0.1, -0.05) is 24.3 Å². The first-order valence-corrected chi connectivity index (χ1v) is 6.37. The summed E-state index contributed by atoms with van der Waals surface area (Å²) < 4.78 is 26.3. The van der Waals surface area contributed by atoms with Gasteiger partial charge in [0.25, 0.3) is 0 Å². The number of hydrogen-bond acceptors (Lipinski definition) is 2. The molecular formula is C14H15F2N3. The lowest BCUT2D eigenvalue weighted by molar-refractivity contribution is 0.0664. The molecule has 1 unspecified atom stereocenters. The Morgan fingerprint density at radius 1 is 1.37 bits per heavy atom. The van der Waals surface area contributed by atoms with Gasteiger partial charge in [-0.2, -0.15) is 8.78 Å². The van der Waals surface area contributed by atoms with Gasteiger partial charge >= 0.3 is 6.55 Å². The van der Waals surface area contributed by atoms with Crippen molar-refractivity contribution in [1.29, 1.82) is 0 Å². The largest absolute Gasteiger partial charge is 0.319 e. The van der Waals surface area contributed by atoms with Gasteiger partial charge in [0.2, 0.25) is 0 Å². The molecule has 0 aliphatic heterocycles. The molecule has 1 atom stereocenters. The molecule has 0 saturated heterocycles. The van der Waals surface area contributed by atoms with E-state index in [1.54, 1.807) is 0 Å². The summed E-state index contributed by atoms with van der Waals surface area (Å²) in [4.78, 5) is 3.97. The van der Waals surface area contributed by atoms with Crippen LogP contribution in [-0.4, -0.2) is 9.55 Å². The van der Waals surface area contributed by atoms with Crippen LogP contribution < -0.4 is 5.32 Å². The summed E-state index contributed by atoms with van der Waals surface area (Å²) in [7, 11) is 0. The van der Waals surface area contributed by atoms with Gasteiger partial charge in [-0.15, -0.1) is 0 Å². The number of aromatic nitrogens is 2. The monoisotopic (exact) mass is 263 g/mol. The molecule has 1 aromatic heterocycles. The van der Waals surface area contributed by atoms with E-state index in [2.05, 4.69) is 22.4 Å². The SMILES string of the molecule is FC(F)n1ccnc1CNC1CCc2ccccc21. The highest BCUT2D eigenvalue weighted by atomic mass is 19.3. The third-order valence-corrected chi connectivity index (χ3v) is 3.60. The second-order valence-corrected chi connectivity index (χ2v) is 4.70. The molecule has 1 aromatic carbocycles. The number of fused-ring (bicyclic) bond motifs is 1. The topological polar surface area (TPSA) is 29.9 Å². The van der Waals surface area contributed by atoms with E-state index in [-0.39, 0.29) is 6.04 Å². The Labute approximate surface area is 110 Å². The molecular weight excluding hydrogens is 248 g/mol. The number of benzene rings is 1. The van der Waals surface area contributed by atoms with Crippen LogP contribution in [0.4, 0.5) is 8.78 Å². The Bertz CT molecular complexity index is 565. The number of aryl methyl sites for hydroxylation is 1. The molecule has 1 aliphatic rings. The van der Waals surface area contributed by atoms with Crippen molar-refractivity contribution in [2.45, 2.75) is 32.0 Å². The Kier molecular flexibility index (Phi) is 3.29. The van der Waals surface area contributed by atoms with Crippen molar-refractivity contribution in [1.82, 2.24) is 14.9 Å². The lowest BCUT2D eigenvalue weighted by Gasteiger charge is -2.14. The van der Waals surface area contributed by atoms with Crippen LogP contribution in [-0.2, 0) is 13.0 Å². The molecule has 19 heavy (non-hydrogen) atoms. The number of rotatable bonds is 4. The first-order chi connectivity index (χ1) is 9.25. The second kappa shape index (κ2) is 5.09. The molecule has 0 amide bonds. The summed E-state index contributed by atoms with van der Waals surface area (Å²) in [6, 6.07) is 8.50. The predicted octanol–water partition coefficient (Wildman–Crippen LogP) is 3.06. The first-order valence-electron chi connectivity index (χ1n) is 6.37. The fourth-order valence-corrected chi connectivity index (χ4v) is 2.64. The quantitative estimate of drug-likeness (QED) is 0.918. The van der Waals surface area contributed by atoms with Gasteiger partial charge in [-0.05, 0) is 24.0 Å². The molecule has 3 nitrogen and oxygen atoms in total. The average molecular weight is 263 g/mol. The highest BCUT2D eigenvalue weighted by Gasteiger charge is 2.22. The summed E-state index contributed by atoms with van der Waals surface area (Å²) in [5, 5.41) is 3.32. The lowest BCUT2D eigenvalue weighted by atomic mass is 10.1. The van der Waals surface area contributed by atoms with E-state index in [0.717, 1.165) is 17.4 Å². The summed E-state index contributed by atoms with van der Waals surface area (Å²) in [6.45, 7) is -2.17. The normalized spacial score (nSPS) is 17.9. The smallest absolute Gasteiger partial charge is 0.303 e. The predicted molar refractivity (Wildman–Crippen MR) is 67.8 cm³/mol. The Morgan fingerprint density at radius 3 is 3.05 bits per heavy atom. The van der Waals surface area contributed by atoms with Crippen LogP contribution >= 0.6 is 0 Å². The Hall–Kier alpha value is -1.75. The molecule has 0 radical (unpaired) electrons. The van der Waals surface area contributed by atoms with Crippen LogP contribution in [0.3, 0.4) is 0 Å². The van der Waals surface area contributed by atoms with Gasteiger partial charge in [-0.3, -0.25) is 4.57 Å². The zero-order chi connectivity index (χ0) is 13.2. The van der Waals surface area contributed by atoms with Crippen molar-refractivity contribution in [3.63, 3.8) is 0 Å². The van der Waals surface area contributed by atoms with Gasteiger partial charge < -0.3 is 5.32 Å². The molecule has 1 aliphatic carbocycles. The molecule has 2 aromatic rings. The van der Waals surface area contributed by atoms with E-state index in [4.69, 9.17) is 0 Å². The summed E-state index contributed by atoms with van der Waals surface area (Å²) in [6.07, 6.45) is 4.77. The van der Waals surface area contributed by atoms with Crippen molar-refractivity contribution in [2.24, 2.45) is 0 Å². The van der Waals surface area contributed by atoms with Crippen molar-refractivity contribution in [3.8, 4) is 0 Å². The van der Waals surface area contributed by atoms with Crippen molar-refractivity contribution in [2.75, 3.05) is 0 Å². The second-order valence-electron chi connectivity index (χ2n) is 4.70. The van der Waals surface area contributed by atoms with Gasteiger partial charge in [0.15, 0.2) is 0 Å². The van der Waals surface area contributed by atoms with Gasteiger partial charge in [-0.25, -0.2) is 4.98 Å². The van der Waals surface area contributed by atoms with E-state index in [0.29, 0.717) is 12.4 Å². The van der Waals surface area contributed by atoms with Gasteiger partial charge in [0, 0.05) is 18.4 Å². The van der Waals surface area contributed by atoms with Crippen LogP contribution in [0.5, 0.6) is 0 Å². The van der Waals surface area contributed by atoms with Crippen LogP contribution in [0.15, 0.2) is 36.7 Å². The van der Waals surface area contributed by atoms with Crippen LogP contribution in [0.2, 0.25) is 0 Å². The molecule has 0 fully saturated rings. The highest BCUT2D eigenvalue weighted by Crippen LogP contribution is 2.30. The molecule has 5 heteroatoms. The van der Waals surface area contributed by atoms with Gasteiger partial charge in [0.05, 0.1) is 6.54 Å². The van der Waals surface area contributed by atoms with E-state index >= 15 is 0 Å². The molecule has 1 heterocycles. The molecule has 100 valence electrons. The number of nitrogens with one attached hydrogen (secondary N) is 1. The molecule has 0 bridgehead atoms. The van der Waals surface area contributed by atoms with E-state index in [1.807, 2.05) is 12.1 Å². The maximum atomic E-state index is 12.7. The Balaban J connectivity index is 1.69. The molecule has 3 rings (SSSR count). The fourth-order valence-electron chi connectivity index (χ4n) is 2.64. The summed E-state index contributed by atoms with van der Waals surface area (Å²) in [5.74, 6) is 0.374. The minimum atomic E-state index is -2.53. The third-order valence-electron chi connectivity index (χ3n) is 3.60. The maximum Gasteiger partial charge on any atom is 0.319 e. The standard InChI is InChI=1S/C14H15F2N3/c15-14(16)19-8-7-17-13(19)9-18-12-6-5-10-3-1-2-4-11(10)12/h1-4,7-8,12,14,18H,5-6,9H2. The number of hydrogen-bond donors (Lipinski definition) is 1. The number of nitrogens with zero attached hydrogens (tertiary/aromatic N) is 2.